The maximum Gasteiger partial charge on any atom is 0.263 e. The van der Waals surface area contributed by atoms with Crippen molar-refractivity contribution in [1.82, 2.24) is 4.90 Å². The van der Waals surface area contributed by atoms with E-state index in [1.165, 1.54) is 11.4 Å². The first-order chi connectivity index (χ1) is 13.7. The van der Waals surface area contributed by atoms with Crippen molar-refractivity contribution < 1.29 is 22.7 Å². The fourth-order valence-corrected chi connectivity index (χ4v) is 3.23. The number of amides is 1. The SMILES string of the molecule is CCC(Oc1ccc(N(C)S(C)(=O)=O)cc1)C(=O)N(C)Cc1ccc(OC)cc1. The zero-order valence-electron chi connectivity index (χ0n) is 17.5. The van der Waals surface area contributed by atoms with Crippen molar-refractivity contribution in [1.29, 1.82) is 0 Å². The largest absolute Gasteiger partial charge is 0.497 e. The van der Waals surface area contributed by atoms with E-state index in [4.69, 9.17) is 9.47 Å². The predicted molar refractivity (Wildman–Crippen MR) is 114 cm³/mol. The monoisotopic (exact) mass is 420 g/mol. The molecule has 0 aliphatic heterocycles. The van der Waals surface area contributed by atoms with Gasteiger partial charge >= 0.3 is 0 Å². The third-order valence-electron chi connectivity index (χ3n) is 4.58. The summed E-state index contributed by atoms with van der Waals surface area (Å²) in [4.78, 5) is 14.4. The van der Waals surface area contributed by atoms with E-state index in [9.17, 15) is 13.2 Å². The van der Waals surface area contributed by atoms with E-state index >= 15 is 0 Å². The second-order valence-electron chi connectivity index (χ2n) is 6.78. The van der Waals surface area contributed by atoms with Crippen molar-refractivity contribution in [2.75, 3.05) is 31.8 Å². The molecule has 0 saturated heterocycles. The molecule has 0 aromatic heterocycles. The number of hydrogen-bond donors (Lipinski definition) is 0. The van der Waals surface area contributed by atoms with Gasteiger partial charge in [0.25, 0.3) is 5.91 Å². The Morgan fingerprint density at radius 1 is 1.00 bits per heavy atom. The molecule has 0 aliphatic rings. The van der Waals surface area contributed by atoms with Crippen molar-refractivity contribution in [2.45, 2.75) is 26.0 Å². The van der Waals surface area contributed by atoms with Gasteiger partial charge in [0.2, 0.25) is 10.0 Å². The summed E-state index contributed by atoms with van der Waals surface area (Å²) in [6.45, 7) is 2.34. The molecule has 2 aromatic carbocycles. The van der Waals surface area contributed by atoms with Gasteiger partial charge in [-0.05, 0) is 48.4 Å². The standard InChI is InChI=1S/C21H28N2O5S/c1-6-20(21(24)22(2)15-16-7-11-18(27-4)12-8-16)28-19-13-9-17(10-14-19)23(3)29(5,25)26/h7-14,20H,6,15H2,1-5H3. The fraction of sp³-hybridized carbons (Fsp3) is 0.381. The number of sulfonamides is 1. The highest BCUT2D eigenvalue weighted by Crippen LogP contribution is 2.22. The summed E-state index contributed by atoms with van der Waals surface area (Å²) in [5.41, 5.74) is 1.51. The van der Waals surface area contributed by atoms with Crippen LogP contribution in [0.2, 0.25) is 0 Å². The molecule has 0 radical (unpaired) electrons. The summed E-state index contributed by atoms with van der Waals surface area (Å²) in [7, 11) is 1.50. The second kappa shape index (κ2) is 9.65. The minimum Gasteiger partial charge on any atom is -0.497 e. The summed E-state index contributed by atoms with van der Waals surface area (Å²) in [6, 6.07) is 14.2. The van der Waals surface area contributed by atoms with Crippen LogP contribution in [0.25, 0.3) is 0 Å². The molecule has 7 nitrogen and oxygen atoms in total. The van der Waals surface area contributed by atoms with E-state index in [1.807, 2.05) is 31.2 Å². The molecule has 2 rings (SSSR count). The van der Waals surface area contributed by atoms with Crippen molar-refractivity contribution in [3.63, 3.8) is 0 Å². The van der Waals surface area contributed by atoms with Crippen molar-refractivity contribution in [3.8, 4) is 11.5 Å². The molecule has 1 atom stereocenters. The molecule has 0 heterocycles. The summed E-state index contributed by atoms with van der Waals surface area (Å²) in [5.74, 6) is 1.15. The Kier molecular flexibility index (Phi) is 7.50. The first-order valence-corrected chi connectivity index (χ1v) is 11.1. The van der Waals surface area contributed by atoms with Gasteiger partial charge in [0.15, 0.2) is 6.10 Å². The maximum absolute atomic E-state index is 12.8. The molecule has 1 unspecified atom stereocenters. The van der Waals surface area contributed by atoms with E-state index in [0.717, 1.165) is 17.6 Å². The average Bonchev–Trinajstić information content (AvgIpc) is 2.71. The van der Waals surface area contributed by atoms with Crippen molar-refractivity contribution in [3.05, 3.63) is 54.1 Å². The molecule has 158 valence electrons. The highest BCUT2D eigenvalue weighted by atomic mass is 32.2. The highest BCUT2D eigenvalue weighted by Gasteiger charge is 2.22. The van der Waals surface area contributed by atoms with Crippen LogP contribution in [0.1, 0.15) is 18.9 Å². The smallest absolute Gasteiger partial charge is 0.263 e. The molecule has 0 spiro atoms. The molecule has 29 heavy (non-hydrogen) atoms. The van der Waals surface area contributed by atoms with Gasteiger partial charge in [-0.15, -0.1) is 0 Å². The molecule has 2 aromatic rings. The first kappa shape index (κ1) is 22.5. The molecule has 0 saturated carbocycles. The Labute approximate surface area is 172 Å². The lowest BCUT2D eigenvalue weighted by Crippen LogP contribution is -2.39. The normalized spacial score (nSPS) is 12.2. The molecule has 0 fully saturated rings. The molecule has 8 heteroatoms. The molecular weight excluding hydrogens is 392 g/mol. The summed E-state index contributed by atoms with van der Waals surface area (Å²) in [6.07, 6.45) is 1.02. The number of carbonyl (C=O) groups excluding carboxylic acids is 1. The van der Waals surface area contributed by atoms with Gasteiger partial charge < -0.3 is 14.4 Å². The number of methoxy groups -OCH3 is 1. The Hall–Kier alpha value is -2.74. The van der Waals surface area contributed by atoms with Crippen LogP contribution in [-0.2, 0) is 21.4 Å². The Balaban J connectivity index is 2.03. The van der Waals surface area contributed by atoms with E-state index < -0.39 is 16.1 Å². The van der Waals surface area contributed by atoms with Gasteiger partial charge in [0.1, 0.15) is 11.5 Å². The van der Waals surface area contributed by atoms with Gasteiger partial charge in [0, 0.05) is 20.6 Å². The average molecular weight is 421 g/mol. The van der Waals surface area contributed by atoms with Crippen LogP contribution in [0.15, 0.2) is 48.5 Å². The number of benzene rings is 2. The number of likely N-dealkylation sites (N-methyl/N-ethyl adjacent to an activating group) is 1. The highest BCUT2D eigenvalue weighted by molar-refractivity contribution is 7.92. The number of nitrogens with zero attached hydrogens (tertiary/aromatic N) is 2. The second-order valence-corrected chi connectivity index (χ2v) is 8.80. The van der Waals surface area contributed by atoms with Crippen LogP contribution in [0.4, 0.5) is 5.69 Å². The Morgan fingerprint density at radius 3 is 2.03 bits per heavy atom. The van der Waals surface area contributed by atoms with Gasteiger partial charge in [-0.2, -0.15) is 0 Å². The van der Waals surface area contributed by atoms with Crippen LogP contribution < -0.4 is 13.8 Å². The minimum atomic E-state index is -3.33. The topological polar surface area (TPSA) is 76.2 Å². The maximum atomic E-state index is 12.8. The van der Waals surface area contributed by atoms with Crippen molar-refractivity contribution in [2.24, 2.45) is 0 Å². The van der Waals surface area contributed by atoms with Crippen molar-refractivity contribution >= 4 is 21.6 Å². The van der Waals surface area contributed by atoms with E-state index in [0.29, 0.717) is 24.4 Å². The zero-order chi connectivity index (χ0) is 21.6. The van der Waals surface area contributed by atoms with Crippen LogP contribution >= 0.6 is 0 Å². The van der Waals surface area contributed by atoms with E-state index in [1.54, 1.807) is 43.3 Å². The van der Waals surface area contributed by atoms with Gasteiger partial charge in [0.05, 0.1) is 19.1 Å². The lowest BCUT2D eigenvalue weighted by molar-refractivity contribution is -0.138. The number of ether oxygens (including phenoxy) is 2. The minimum absolute atomic E-state index is 0.124. The quantitative estimate of drug-likeness (QED) is 0.623. The van der Waals surface area contributed by atoms with Crippen LogP contribution in [0, 0.1) is 0 Å². The first-order valence-electron chi connectivity index (χ1n) is 9.24. The van der Waals surface area contributed by atoms with Gasteiger partial charge in [-0.3, -0.25) is 9.10 Å². The Morgan fingerprint density at radius 2 is 1.55 bits per heavy atom. The molecule has 0 bridgehead atoms. The third-order valence-corrected chi connectivity index (χ3v) is 5.78. The van der Waals surface area contributed by atoms with Gasteiger partial charge in [-0.25, -0.2) is 8.42 Å². The third kappa shape index (κ3) is 6.12. The molecule has 0 aliphatic carbocycles. The molecular formula is C21H28N2O5S. The van der Waals surface area contributed by atoms with E-state index in [2.05, 4.69) is 0 Å². The summed E-state index contributed by atoms with van der Waals surface area (Å²) < 4.78 is 35.4. The van der Waals surface area contributed by atoms with Gasteiger partial charge in [-0.1, -0.05) is 19.1 Å². The van der Waals surface area contributed by atoms with Crippen LogP contribution in [-0.4, -0.2) is 52.8 Å². The lowest BCUT2D eigenvalue weighted by Gasteiger charge is -2.24. The molecule has 1 amide bonds. The van der Waals surface area contributed by atoms with Crippen LogP contribution in [0.5, 0.6) is 11.5 Å². The summed E-state index contributed by atoms with van der Waals surface area (Å²) in [5, 5.41) is 0. The number of hydrogen-bond acceptors (Lipinski definition) is 5. The lowest BCUT2D eigenvalue weighted by atomic mass is 10.2. The van der Waals surface area contributed by atoms with E-state index in [-0.39, 0.29) is 5.91 Å². The summed E-state index contributed by atoms with van der Waals surface area (Å²) >= 11 is 0. The number of rotatable bonds is 9. The van der Waals surface area contributed by atoms with Crippen LogP contribution in [0.3, 0.4) is 0 Å². The molecule has 0 N–H and O–H groups in total. The predicted octanol–water partition coefficient (Wildman–Crippen LogP) is 2.91. The number of anilines is 1. The Bertz CT molecular complexity index is 911. The number of carbonyl (C=O) groups is 1. The fourth-order valence-electron chi connectivity index (χ4n) is 2.73. The zero-order valence-corrected chi connectivity index (χ0v) is 18.3.